The summed E-state index contributed by atoms with van der Waals surface area (Å²) < 4.78 is 15.6. The number of hydrogen-bond acceptors (Lipinski definition) is 7. The number of amides is 1. The van der Waals surface area contributed by atoms with E-state index in [1.807, 2.05) is 6.07 Å². The van der Waals surface area contributed by atoms with E-state index in [1.54, 1.807) is 6.07 Å². The van der Waals surface area contributed by atoms with Crippen LogP contribution in [0, 0.1) is 10.1 Å². The third-order valence-electron chi connectivity index (χ3n) is 5.24. The Balaban J connectivity index is 2.06. The number of rotatable bonds is 6. The second kappa shape index (κ2) is 9.22. The van der Waals surface area contributed by atoms with Crippen molar-refractivity contribution in [3.05, 3.63) is 62.2 Å². The molecule has 164 valence electrons. The van der Waals surface area contributed by atoms with Crippen molar-refractivity contribution in [2.75, 3.05) is 27.9 Å². The highest BCUT2D eigenvalue weighted by Gasteiger charge is 2.35. The van der Waals surface area contributed by atoms with Crippen LogP contribution in [0.2, 0.25) is 5.02 Å². The largest absolute Gasteiger partial charge is 0.493 e. The van der Waals surface area contributed by atoms with Crippen LogP contribution in [0.25, 0.3) is 0 Å². The highest BCUT2D eigenvalue weighted by Crippen LogP contribution is 2.40. The highest BCUT2D eigenvalue weighted by molar-refractivity contribution is 6.32. The lowest BCUT2D eigenvalue weighted by Gasteiger charge is -2.37. The monoisotopic (exact) mass is 448 g/mol. The van der Waals surface area contributed by atoms with Crippen LogP contribution >= 0.6 is 11.6 Å². The lowest BCUT2D eigenvalue weighted by molar-refractivity contribution is -0.384. The average molecular weight is 449 g/mol. The molecule has 2 aromatic carbocycles. The predicted octanol–water partition coefficient (Wildman–Crippen LogP) is 3.57. The summed E-state index contributed by atoms with van der Waals surface area (Å²) in [6.07, 6.45) is 0.426. The van der Waals surface area contributed by atoms with Crippen molar-refractivity contribution in [2.45, 2.75) is 18.9 Å². The second-order valence-electron chi connectivity index (χ2n) is 6.87. The Morgan fingerprint density at radius 3 is 2.45 bits per heavy atom. The maximum absolute atomic E-state index is 13.3. The number of nitro groups is 1. The van der Waals surface area contributed by atoms with Crippen molar-refractivity contribution in [3.63, 3.8) is 0 Å². The molecule has 3 rings (SSSR count). The van der Waals surface area contributed by atoms with E-state index in [2.05, 4.69) is 0 Å². The number of hydrogen-bond donors (Lipinski definition) is 0. The van der Waals surface area contributed by atoms with E-state index in [9.17, 15) is 19.7 Å². The van der Waals surface area contributed by atoms with Crippen LogP contribution < -0.4 is 9.47 Å². The molecule has 1 heterocycles. The Kier molecular flexibility index (Phi) is 6.65. The van der Waals surface area contributed by atoms with Gasteiger partial charge < -0.3 is 19.1 Å². The Bertz CT molecular complexity index is 1040. The molecular formula is C21H21ClN2O7. The molecular weight excluding hydrogens is 428 g/mol. The molecule has 10 heteroatoms. The number of ether oxygens (including phenoxy) is 3. The Morgan fingerprint density at radius 1 is 1.16 bits per heavy atom. The third-order valence-corrected chi connectivity index (χ3v) is 5.56. The number of benzene rings is 2. The first kappa shape index (κ1) is 22.4. The van der Waals surface area contributed by atoms with Gasteiger partial charge in [-0.25, -0.2) is 0 Å². The molecule has 1 aliphatic heterocycles. The van der Waals surface area contributed by atoms with Gasteiger partial charge in [0.1, 0.15) is 5.02 Å². The summed E-state index contributed by atoms with van der Waals surface area (Å²) in [5.41, 5.74) is 1.39. The minimum atomic E-state index is -0.645. The predicted molar refractivity (Wildman–Crippen MR) is 112 cm³/mol. The van der Waals surface area contributed by atoms with Gasteiger partial charge in [0.15, 0.2) is 11.5 Å². The van der Waals surface area contributed by atoms with Gasteiger partial charge in [-0.1, -0.05) is 11.6 Å². The molecule has 0 bridgehead atoms. The number of esters is 1. The number of carbonyl (C=O) groups excluding carboxylic acids is 2. The van der Waals surface area contributed by atoms with E-state index in [4.69, 9.17) is 25.8 Å². The third kappa shape index (κ3) is 4.41. The van der Waals surface area contributed by atoms with Crippen molar-refractivity contribution in [1.29, 1.82) is 0 Å². The zero-order chi connectivity index (χ0) is 22.7. The molecule has 1 atom stereocenters. The summed E-state index contributed by atoms with van der Waals surface area (Å²) in [6.45, 7) is 0.305. The quantitative estimate of drug-likeness (QED) is 0.377. The molecule has 0 N–H and O–H groups in total. The van der Waals surface area contributed by atoms with Gasteiger partial charge >= 0.3 is 5.97 Å². The molecule has 0 fully saturated rings. The first-order valence-corrected chi connectivity index (χ1v) is 9.75. The van der Waals surface area contributed by atoms with Crippen LogP contribution in [0.4, 0.5) is 5.69 Å². The summed E-state index contributed by atoms with van der Waals surface area (Å²) >= 11 is 5.87. The van der Waals surface area contributed by atoms with E-state index in [1.165, 1.54) is 38.4 Å². The van der Waals surface area contributed by atoms with Crippen molar-refractivity contribution in [2.24, 2.45) is 0 Å². The molecule has 31 heavy (non-hydrogen) atoms. The fraction of sp³-hybridized carbons (Fsp3) is 0.333. The number of fused-ring (bicyclic) bond motifs is 1. The van der Waals surface area contributed by atoms with E-state index in [0.29, 0.717) is 24.5 Å². The van der Waals surface area contributed by atoms with Gasteiger partial charge in [0.05, 0.1) is 38.7 Å². The molecule has 0 aromatic heterocycles. The summed E-state index contributed by atoms with van der Waals surface area (Å²) in [5, 5.41) is 11.2. The van der Waals surface area contributed by atoms with Crippen LogP contribution in [0.3, 0.4) is 0 Å². The molecule has 0 radical (unpaired) electrons. The van der Waals surface area contributed by atoms with E-state index >= 15 is 0 Å². The molecule has 0 spiro atoms. The fourth-order valence-electron chi connectivity index (χ4n) is 3.68. The van der Waals surface area contributed by atoms with Crippen LogP contribution in [0.5, 0.6) is 11.5 Å². The first-order valence-electron chi connectivity index (χ1n) is 9.37. The molecule has 0 saturated heterocycles. The van der Waals surface area contributed by atoms with Gasteiger partial charge in [-0.3, -0.25) is 19.7 Å². The lowest BCUT2D eigenvalue weighted by Crippen LogP contribution is -2.41. The van der Waals surface area contributed by atoms with E-state index < -0.39 is 22.8 Å². The van der Waals surface area contributed by atoms with Crippen molar-refractivity contribution >= 4 is 29.2 Å². The van der Waals surface area contributed by atoms with Gasteiger partial charge in [0.2, 0.25) is 0 Å². The van der Waals surface area contributed by atoms with Crippen molar-refractivity contribution in [1.82, 2.24) is 4.90 Å². The van der Waals surface area contributed by atoms with Crippen molar-refractivity contribution in [3.8, 4) is 11.5 Å². The van der Waals surface area contributed by atoms with Crippen LogP contribution in [0.1, 0.15) is 33.9 Å². The smallest absolute Gasteiger partial charge is 0.307 e. The Morgan fingerprint density at radius 2 is 1.84 bits per heavy atom. The average Bonchev–Trinajstić information content (AvgIpc) is 2.77. The SMILES string of the molecule is COC(=O)CC1c2cc(OC)c(OC)cc2CCN1C(=O)c1ccc(Cl)c([N+](=O)[O-])c1. The summed E-state index contributed by atoms with van der Waals surface area (Å²) in [6, 6.07) is 6.81. The number of halogens is 1. The molecule has 9 nitrogen and oxygen atoms in total. The Labute approximate surface area is 183 Å². The molecule has 1 unspecified atom stereocenters. The zero-order valence-electron chi connectivity index (χ0n) is 17.2. The van der Waals surface area contributed by atoms with Gasteiger partial charge in [-0.2, -0.15) is 0 Å². The van der Waals surface area contributed by atoms with Crippen LogP contribution in [-0.2, 0) is 16.0 Å². The lowest BCUT2D eigenvalue weighted by atomic mass is 9.89. The van der Waals surface area contributed by atoms with E-state index in [-0.39, 0.29) is 22.7 Å². The minimum absolute atomic E-state index is 0.0616. The molecule has 0 saturated carbocycles. The van der Waals surface area contributed by atoms with Gasteiger partial charge in [-0.15, -0.1) is 0 Å². The number of nitro benzene ring substituents is 1. The fourth-order valence-corrected chi connectivity index (χ4v) is 3.87. The van der Waals surface area contributed by atoms with Crippen LogP contribution in [0.15, 0.2) is 30.3 Å². The van der Waals surface area contributed by atoms with Gasteiger partial charge in [0, 0.05) is 18.2 Å². The van der Waals surface area contributed by atoms with Gasteiger partial charge in [0.25, 0.3) is 11.6 Å². The molecule has 0 aliphatic carbocycles. The topological polar surface area (TPSA) is 108 Å². The normalized spacial score (nSPS) is 15.1. The molecule has 1 amide bonds. The maximum atomic E-state index is 13.3. The molecule has 1 aliphatic rings. The minimum Gasteiger partial charge on any atom is -0.493 e. The summed E-state index contributed by atoms with van der Waals surface area (Å²) in [4.78, 5) is 37.5. The first-order chi connectivity index (χ1) is 14.8. The number of nitrogens with zero attached hydrogens (tertiary/aromatic N) is 2. The zero-order valence-corrected chi connectivity index (χ0v) is 18.0. The van der Waals surface area contributed by atoms with Gasteiger partial charge in [-0.05, 0) is 41.8 Å². The van der Waals surface area contributed by atoms with E-state index in [0.717, 1.165) is 17.2 Å². The van der Waals surface area contributed by atoms with Crippen LogP contribution in [-0.4, -0.2) is 49.6 Å². The highest BCUT2D eigenvalue weighted by atomic mass is 35.5. The summed E-state index contributed by atoms with van der Waals surface area (Å²) in [5.74, 6) is 0.0698. The number of methoxy groups -OCH3 is 3. The summed E-state index contributed by atoms with van der Waals surface area (Å²) in [7, 11) is 4.30. The Hall–Kier alpha value is -3.33. The maximum Gasteiger partial charge on any atom is 0.307 e. The standard InChI is InChI=1S/C21H21ClN2O7/c1-29-18-9-12-6-7-23(16(11-20(25)31-3)14(12)10-19(18)30-2)21(26)13-4-5-15(22)17(8-13)24(27)28/h4-5,8-10,16H,6-7,11H2,1-3H3. The molecule has 2 aromatic rings. The second-order valence-corrected chi connectivity index (χ2v) is 7.28. The number of carbonyl (C=O) groups is 2. The van der Waals surface area contributed by atoms with Crippen molar-refractivity contribution < 1.29 is 28.7 Å².